The Bertz CT molecular complexity index is 154. The Morgan fingerprint density at radius 2 is 1.67 bits per heavy atom. The van der Waals surface area contributed by atoms with Crippen molar-refractivity contribution in [2.45, 2.75) is 39.2 Å². The molecule has 1 heterocycles. The number of hydrogen-bond acceptors (Lipinski definition) is 3. The van der Waals surface area contributed by atoms with E-state index in [0.717, 1.165) is 12.8 Å². The Hall–Kier alpha value is -0.120. The maximum Gasteiger partial charge on any atom is 0.0512 e. The van der Waals surface area contributed by atoms with Crippen LogP contribution in [0.25, 0.3) is 0 Å². The summed E-state index contributed by atoms with van der Waals surface area (Å²) in [5, 5.41) is 9.14. The molecule has 0 aromatic carbocycles. The lowest BCUT2D eigenvalue weighted by Gasteiger charge is -2.34. The number of nitrogens with zero attached hydrogens (tertiary/aromatic N) is 2. The molecule has 0 amide bonds. The minimum atomic E-state index is -0.123. The van der Waals surface area contributed by atoms with Gasteiger partial charge in [-0.1, -0.05) is 6.92 Å². The molecule has 0 spiro atoms. The van der Waals surface area contributed by atoms with E-state index < -0.39 is 0 Å². The van der Waals surface area contributed by atoms with Crippen molar-refractivity contribution >= 4 is 0 Å². The highest BCUT2D eigenvalue weighted by Gasteiger charge is 2.14. The third kappa shape index (κ3) is 5.50. The summed E-state index contributed by atoms with van der Waals surface area (Å²) in [6.07, 6.45) is 3.22. The number of likely N-dealkylation sites (N-methyl/N-ethyl adjacent to an activating group) is 1. The molecule has 1 N–H and O–H groups in total. The summed E-state index contributed by atoms with van der Waals surface area (Å²) in [6, 6.07) is 0. The van der Waals surface area contributed by atoms with Gasteiger partial charge in [-0.2, -0.15) is 0 Å². The average molecular weight is 214 g/mol. The topological polar surface area (TPSA) is 26.7 Å². The van der Waals surface area contributed by atoms with Gasteiger partial charge in [0.1, 0.15) is 0 Å². The first-order valence-corrected chi connectivity index (χ1v) is 6.35. The Morgan fingerprint density at radius 3 is 2.20 bits per heavy atom. The molecule has 0 aliphatic carbocycles. The zero-order valence-corrected chi connectivity index (χ0v) is 10.3. The number of piperazine rings is 1. The second kappa shape index (κ2) is 7.20. The number of aliphatic hydroxyl groups excluding tert-OH is 1. The molecule has 1 aliphatic rings. The molecule has 3 nitrogen and oxygen atoms in total. The smallest absolute Gasteiger partial charge is 0.0512 e. The van der Waals surface area contributed by atoms with Crippen LogP contribution in [0, 0.1) is 0 Å². The molecule has 15 heavy (non-hydrogen) atoms. The Balaban J connectivity index is 1.99. The predicted molar refractivity (Wildman–Crippen MR) is 64.1 cm³/mol. The number of hydrogen-bond donors (Lipinski definition) is 1. The Morgan fingerprint density at radius 1 is 1.07 bits per heavy atom. The lowest BCUT2D eigenvalue weighted by Crippen LogP contribution is -2.46. The largest absolute Gasteiger partial charge is 0.393 e. The van der Waals surface area contributed by atoms with Crippen molar-refractivity contribution in [1.29, 1.82) is 0 Å². The molecule has 0 aromatic rings. The normalized spacial score (nSPS) is 21.8. The molecule has 1 aliphatic heterocycles. The summed E-state index contributed by atoms with van der Waals surface area (Å²) < 4.78 is 0. The molecule has 1 unspecified atom stereocenters. The summed E-state index contributed by atoms with van der Waals surface area (Å²) in [6.45, 7) is 11.4. The quantitative estimate of drug-likeness (QED) is 0.673. The standard InChI is InChI=1S/C12H26N2O/c1-3-13-8-10-14(11-9-13)7-5-4-6-12(2)15/h12,15H,3-11H2,1-2H3. The summed E-state index contributed by atoms with van der Waals surface area (Å²) >= 11 is 0. The highest BCUT2D eigenvalue weighted by Crippen LogP contribution is 2.05. The minimum absolute atomic E-state index is 0.123. The minimum Gasteiger partial charge on any atom is -0.393 e. The van der Waals surface area contributed by atoms with Crippen LogP contribution < -0.4 is 0 Å². The average Bonchev–Trinajstić information content (AvgIpc) is 2.25. The van der Waals surface area contributed by atoms with Crippen LogP contribution in [0.15, 0.2) is 0 Å². The number of rotatable bonds is 6. The second-order valence-electron chi connectivity index (χ2n) is 4.62. The van der Waals surface area contributed by atoms with E-state index in [1.165, 1.54) is 45.7 Å². The van der Waals surface area contributed by atoms with Gasteiger partial charge in [-0.05, 0) is 39.3 Å². The van der Waals surface area contributed by atoms with Gasteiger partial charge in [-0.15, -0.1) is 0 Å². The van der Waals surface area contributed by atoms with Crippen molar-refractivity contribution in [3.63, 3.8) is 0 Å². The van der Waals surface area contributed by atoms with Gasteiger partial charge in [-0.25, -0.2) is 0 Å². The van der Waals surface area contributed by atoms with Gasteiger partial charge in [0.15, 0.2) is 0 Å². The maximum atomic E-state index is 9.14. The van der Waals surface area contributed by atoms with Crippen LogP contribution in [0.1, 0.15) is 33.1 Å². The van der Waals surface area contributed by atoms with E-state index in [4.69, 9.17) is 5.11 Å². The van der Waals surface area contributed by atoms with Crippen LogP contribution in [0.5, 0.6) is 0 Å². The van der Waals surface area contributed by atoms with Crippen molar-refractivity contribution in [1.82, 2.24) is 9.80 Å². The molecule has 1 saturated heterocycles. The molecule has 90 valence electrons. The predicted octanol–water partition coefficient (Wildman–Crippen LogP) is 1.17. The van der Waals surface area contributed by atoms with Crippen LogP contribution in [-0.2, 0) is 0 Å². The van der Waals surface area contributed by atoms with E-state index in [1.54, 1.807) is 0 Å². The van der Waals surface area contributed by atoms with E-state index in [2.05, 4.69) is 16.7 Å². The first kappa shape index (κ1) is 12.9. The van der Waals surface area contributed by atoms with E-state index in [1.807, 2.05) is 6.92 Å². The molecule has 1 atom stereocenters. The van der Waals surface area contributed by atoms with Crippen molar-refractivity contribution in [3.05, 3.63) is 0 Å². The third-order valence-electron chi connectivity index (χ3n) is 3.26. The van der Waals surface area contributed by atoms with Gasteiger partial charge in [0.25, 0.3) is 0 Å². The summed E-state index contributed by atoms with van der Waals surface area (Å²) in [7, 11) is 0. The van der Waals surface area contributed by atoms with E-state index in [0.29, 0.717) is 0 Å². The summed E-state index contributed by atoms with van der Waals surface area (Å²) in [5.41, 5.74) is 0. The monoisotopic (exact) mass is 214 g/mol. The molecule has 3 heteroatoms. The fourth-order valence-corrected chi connectivity index (χ4v) is 2.10. The Labute approximate surface area is 94.1 Å². The van der Waals surface area contributed by atoms with Crippen LogP contribution in [-0.4, -0.2) is 60.3 Å². The SMILES string of the molecule is CCN1CCN(CCCCC(C)O)CC1. The molecular formula is C12H26N2O. The fraction of sp³-hybridized carbons (Fsp3) is 1.00. The van der Waals surface area contributed by atoms with Crippen LogP contribution in [0.2, 0.25) is 0 Å². The van der Waals surface area contributed by atoms with Crippen molar-refractivity contribution in [2.24, 2.45) is 0 Å². The van der Waals surface area contributed by atoms with Crippen molar-refractivity contribution < 1.29 is 5.11 Å². The molecule has 0 bridgehead atoms. The van der Waals surface area contributed by atoms with Crippen molar-refractivity contribution in [2.75, 3.05) is 39.3 Å². The first-order valence-electron chi connectivity index (χ1n) is 6.35. The van der Waals surface area contributed by atoms with Gasteiger partial charge in [0.05, 0.1) is 6.10 Å². The fourth-order valence-electron chi connectivity index (χ4n) is 2.10. The summed E-state index contributed by atoms with van der Waals surface area (Å²) in [5.74, 6) is 0. The molecule has 0 radical (unpaired) electrons. The lowest BCUT2D eigenvalue weighted by molar-refractivity contribution is 0.132. The zero-order chi connectivity index (χ0) is 11.1. The van der Waals surface area contributed by atoms with Crippen molar-refractivity contribution in [3.8, 4) is 0 Å². The molecule has 0 aromatic heterocycles. The van der Waals surface area contributed by atoms with Gasteiger partial charge in [0.2, 0.25) is 0 Å². The summed E-state index contributed by atoms with van der Waals surface area (Å²) in [4.78, 5) is 5.06. The van der Waals surface area contributed by atoms with Gasteiger partial charge < -0.3 is 14.9 Å². The van der Waals surface area contributed by atoms with E-state index >= 15 is 0 Å². The van der Waals surface area contributed by atoms with Crippen LogP contribution in [0.3, 0.4) is 0 Å². The highest BCUT2D eigenvalue weighted by molar-refractivity contribution is 4.70. The zero-order valence-electron chi connectivity index (χ0n) is 10.3. The highest BCUT2D eigenvalue weighted by atomic mass is 16.3. The van der Waals surface area contributed by atoms with E-state index in [9.17, 15) is 0 Å². The second-order valence-corrected chi connectivity index (χ2v) is 4.62. The van der Waals surface area contributed by atoms with E-state index in [-0.39, 0.29) is 6.10 Å². The number of aliphatic hydroxyl groups is 1. The lowest BCUT2D eigenvalue weighted by atomic mass is 10.1. The van der Waals surface area contributed by atoms with Crippen LogP contribution >= 0.6 is 0 Å². The number of unbranched alkanes of at least 4 members (excludes halogenated alkanes) is 1. The molecule has 1 rings (SSSR count). The van der Waals surface area contributed by atoms with Gasteiger partial charge in [0, 0.05) is 26.2 Å². The van der Waals surface area contributed by atoms with Gasteiger partial charge >= 0.3 is 0 Å². The Kier molecular flexibility index (Phi) is 6.22. The molecule has 0 saturated carbocycles. The van der Waals surface area contributed by atoms with Crippen LogP contribution in [0.4, 0.5) is 0 Å². The molecule has 1 fully saturated rings. The first-order chi connectivity index (χ1) is 7.22. The van der Waals surface area contributed by atoms with Gasteiger partial charge in [-0.3, -0.25) is 0 Å². The maximum absolute atomic E-state index is 9.14. The third-order valence-corrected chi connectivity index (χ3v) is 3.26. The molecular weight excluding hydrogens is 188 g/mol.